The Morgan fingerprint density at radius 3 is 2.69 bits per heavy atom. The maximum atomic E-state index is 10.5. The molecule has 1 aromatic heterocycles. The van der Waals surface area contributed by atoms with Gasteiger partial charge in [-0.05, 0) is 23.8 Å². The molecule has 2 aromatic carbocycles. The number of aromatic nitrogens is 1. The Hall–Kier alpha value is -2.09. The Morgan fingerprint density at radius 2 is 1.81 bits per heavy atom. The highest BCUT2D eigenvalue weighted by molar-refractivity contribution is 6.07. The van der Waals surface area contributed by atoms with Gasteiger partial charge in [0.1, 0.15) is 6.29 Å². The summed E-state index contributed by atoms with van der Waals surface area (Å²) in [6, 6.07) is 14.3. The first-order valence-electron chi connectivity index (χ1n) is 5.31. The van der Waals surface area contributed by atoms with Gasteiger partial charge >= 0.3 is 0 Å². The van der Waals surface area contributed by atoms with E-state index in [1.807, 2.05) is 24.3 Å². The number of fused-ring (bicyclic) bond motifs is 3. The van der Waals surface area contributed by atoms with Crippen LogP contribution in [0.15, 0.2) is 42.5 Å². The first-order chi connectivity index (χ1) is 7.88. The molecular formula is C14H11NO. The lowest BCUT2D eigenvalue weighted by Gasteiger charge is -1.95. The number of carbonyl (C=O) groups is 1. The molecule has 2 nitrogen and oxygen atoms in total. The summed E-state index contributed by atoms with van der Waals surface area (Å²) in [6.07, 6.45) is 1.42. The minimum atomic E-state index is 0.482. The summed E-state index contributed by atoms with van der Waals surface area (Å²) >= 11 is 0. The van der Waals surface area contributed by atoms with E-state index in [1.54, 1.807) is 0 Å². The first-order valence-corrected chi connectivity index (χ1v) is 5.31. The van der Waals surface area contributed by atoms with Crippen LogP contribution in [-0.2, 0) is 11.2 Å². The molecular weight excluding hydrogens is 198 g/mol. The van der Waals surface area contributed by atoms with E-state index in [2.05, 4.69) is 23.2 Å². The molecule has 3 rings (SSSR count). The van der Waals surface area contributed by atoms with E-state index >= 15 is 0 Å². The third-order valence-corrected chi connectivity index (χ3v) is 2.89. The van der Waals surface area contributed by atoms with Crippen molar-refractivity contribution in [3.05, 3.63) is 48.0 Å². The molecule has 0 saturated heterocycles. The number of aromatic amines is 1. The molecule has 1 heterocycles. The molecule has 0 atom stereocenters. The highest BCUT2D eigenvalue weighted by atomic mass is 16.1. The van der Waals surface area contributed by atoms with Gasteiger partial charge in [0.2, 0.25) is 0 Å². The highest BCUT2D eigenvalue weighted by Crippen LogP contribution is 2.25. The fourth-order valence-corrected chi connectivity index (χ4v) is 2.12. The molecule has 16 heavy (non-hydrogen) atoms. The molecule has 0 aliphatic heterocycles. The van der Waals surface area contributed by atoms with E-state index in [0.29, 0.717) is 6.42 Å². The van der Waals surface area contributed by atoms with E-state index < -0.39 is 0 Å². The molecule has 0 fully saturated rings. The Bertz CT molecular complexity index is 667. The van der Waals surface area contributed by atoms with Crippen LogP contribution >= 0.6 is 0 Å². The van der Waals surface area contributed by atoms with Crippen molar-refractivity contribution in [3.63, 3.8) is 0 Å². The van der Waals surface area contributed by atoms with Gasteiger partial charge in [0.05, 0.1) is 0 Å². The number of hydrogen-bond acceptors (Lipinski definition) is 1. The van der Waals surface area contributed by atoms with E-state index in [-0.39, 0.29) is 0 Å². The van der Waals surface area contributed by atoms with Crippen LogP contribution in [0.1, 0.15) is 5.56 Å². The van der Waals surface area contributed by atoms with Crippen LogP contribution in [0, 0.1) is 0 Å². The van der Waals surface area contributed by atoms with Gasteiger partial charge in [-0.2, -0.15) is 0 Å². The predicted octanol–water partition coefficient (Wildman–Crippen LogP) is 3.06. The molecule has 0 saturated carbocycles. The SMILES string of the molecule is O=CCc1ccc2[nH]c3ccccc3c2c1. The zero-order valence-electron chi connectivity index (χ0n) is 8.73. The van der Waals surface area contributed by atoms with Gasteiger partial charge in [0.15, 0.2) is 0 Å². The number of rotatable bonds is 2. The van der Waals surface area contributed by atoms with Crippen molar-refractivity contribution >= 4 is 28.1 Å². The monoisotopic (exact) mass is 209 g/mol. The van der Waals surface area contributed by atoms with Crippen LogP contribution < -0.4 is 0 Å². The summed E-state index contributed by atoms with van der Waals surface area (Å²) in [4.78, 5) is 13.9. The first kappa shape index (κ1) is 9.16. The van der Waals surface area contributed by atoms with Crippen molar-refractivity contribution in [2.75, 3.05) is 0 Å². The van der Waals surface area contributed by atoms with E-state index in [9.17, 15) is 4.79 Å². The summed E-state index contributed by atoms with van der Waals surface area (Å²) in [5, 5.41) is 2.40. The van der Waals surface area contributed by atoms with Gasteiger partial charge in [-0.25, -0.2) is 0 Å². The molecule has 2 heteroatoms. The number of aldehydes is 1. The Morgan fingerprint density at radius 1 is 1.00 bits per heavy atom. The number of H-pyrrole nitrogens is 1. The molecule has 0 spiro atoms. The van der Waals surface area contributed by atoms with Crippen LogP contribution in [0.5, 0.6) is 0 Å². The third-order valence-electron chi connectivity index (χ3n) is 2.89. The average molecular weight is 209 g/mol. The fourth-order valence-electron chi connectivity index (χ4n) is 2.12. The number of hydrogen-bond donors (Lipinski definition) is 1. The molecule has 0 bridgehead atoms. The molecule has 78 valence electrons. The summed E-state index contributed by atoms with van der Waals surface area (Å²) < 4.78 is 0. The van der Waals surface area contributed by atoms with Crippen LogP contribution in [-0.4, -0.2) is 11.3 Å². The van der Waals surface area contributed by atoms with E-state index in [4.69, 9.17) is 0 Å². The van der Waals surface area contributed by atoms with Crippen molar-refractivity contribution in [2.45, 2.75) is 6.42 Å². The normalized spacial score (nSPS) is 11.0. The lowest BCUT2D eigenvalue weighted by molar-refractivity contribution is -0.107. The van der Waals surface area contributed by atoms with Crippen molar-refractivity contribution in [1.82, 2.24) is 4.98 Å². The molecule has 3 aromatic rings. The quantitative estimate of drug-likeness (QED) is 0.646. The van der Waals surface area contributed by atoms with Crippen LogP contribution in [0.2, 0.25) is 0 Å². The van der Waals surface area contributed by atoms with E-state index in [0.717, 1.165) is 22.9 Å². The maximum absolute atomic E-state index is 10.5. The minimum Gasteiger partial charge on any atom is -0.355 e. The van der Waals surface area contributed by atoms with Crippen LogP contribution in [0.4, 0.5) is 0 Å². The zero-order valence-corrected chi connectivity index (χ0v) is 8.73. The molecule has 1 N–H and O–H groups in total. The Balaban J connectivity index is 2.35. The van der Waals surface area contributed by atoms with Gasteiger partial charge in [0, 0.05) is 28.2 Å². The van der Waals surface area contributed by atoms with Gasteiger partial charge < -0.3 is 9.78 Å². The largest absolute Gasteiger partial charge is 0.355 e. The number of para-hydroxylation sites is 1. The molecule has 0 unspecified atom stereocenters. The Labute approximate surface area is 92.9 Å². The lowest BCUT2D eigenvalue weighted by Crippen LogP contribution is -1.84. The molecule has 0 aliphatic rings. The van der Waals surface area contributed by atoms with Crippen molar-refractivity contribution < 1.29 is 4.79 Å². The predicted molar refractivity (Wildman–Crippen MR) is 65.6 cm³/mol. The van der Waals surface area contributed by atoms with E-state index in [1.165, 1.54) is 10.8 Å². The standard InChI is InChI=1S/C14H11NO/c16-8-7-10-5-6-14-12(9-10)11-3-1-2-4-13(11)15-14/h1-6,8-9,15H,7H2. The Kier molecular flexibility index (Phi) is 2.00. The van der Waals surface area contributed by atoms with Crippen molar-refractivity contribution in [2.24, 2.45) is 0 Å². The summed E-state index contributed by atoms with van der Waals surface area (Å²) in [6.45, 7) is 0. The second kappa shape index (κ2) is 3.49. The molecule has 0 radical (unpaired) electrons. The van der Waals surface area contributed by atoms with Gasteiger partial charge in [-0.3, -0.25) is 0 Å². The van der Waals surface area contributed by atoms with Gasteiger partial charge in [-0.1, -0.05) is 24.3 Å². The van der Waals surface area contributed by atoms with Crippen molar-refractivity contribution in [1.29, 1.82) is 0 Å². The zero-order chi connectivity index (χ0) is 11.0. The number of nitrogens with one attached hydrogen (secondary N) is 1. The third kappa shape index (κ3) is 1.31. The topological polar surface area (TPSA) is 32.9 Å². The fraction of sp³-hybridized carbons (Fsp3) is 0.0714. The van der Waals surface area contributed by atoms with Crippen molar-refractivity contribution in [3.8, 4) is 0 Å². The smallest absolute Gasteiger partial charge is 0.124 e. The second-order valence-electron chi connectivity index (χ2n) is 3.92. The van der Waals surface area contributed by atoms with Crippen LogP contribution in [0.25, 0.3) is 21.8 Å². The average Bonchev–Trinajstić information content (AvgIpc) is 2.68. The summed E-state index contributed by atoms with van der Waals surface area (Å²) in [5.74, 6) is 0. The highest BCUT2D eigenvalue weighted by Gasteiger charge is 2.03. The molecule has 0 aliphatic carbocycles. The minimum absolute atomic E-state index is 0.482. The lowest BCUT2D eigenvalue weighted by atomic mass is 10.1. The number of benzene rings is 2. The summed E-state index contributed by atoms with van der Waals surface area (Å²) in [5.41, 5.74) is 3.32. The van der Waals surface area contributed by atoms with Gasteiger partial charge in [0.25, 0.3) is 0 Å². The molecule has 0 amide bonds. The van der Waals surface area contributed by atoms with Gasteiger partial charge in [-0.15, -0.1) is 0 Å². The summed E-state index contributed by atoms with van der Waals surface area (Å²) in [7, 11) is 0. The number of carbonyl (C=O) groups excluding carboxylic acids is 1. The maximum Gasteiger partial charge on any atom is 0.124 e. The second-order valence-corrected chi connectivity index (χ2v) is 3.92. The van der Waals surface area contributed by atoms with Crippen LogP contribution in [0.3, 0.4) is 0 Å².